The van der Waals surface area contributed by atoms with E-state index in [1.54, 1.807) is 23.6 Å². The molecule has 0 aliphatic heterocycles. The molecule has 0 radical (unpaired) electrons. The molecule has 0 atom stereocenters. The Kier molecular flexibility index (Phi) is 3.62. The Morgan fingerprint density at radius 3 is 3.00 bits per heavy atom. The minimum Gasteiger partial charge on any atom is -0.378 e. The van der Waals surface area contributed by atoms with E-state index in [2.05, 4.69) is 11.4 Å². The van der Waals surface area contributed by atoms with Crippen molar-refractivity contribution in [2.45, 2.75) is 6.54 Å². The Morgan fingerprint density at radius 1 is 1.47 bits per heavy atom. The third-order valence-corrected chi connectivity index (χ3v) is 3.42. The van der Waals surface area contributed by atoms with Crippen LogP contribution >= 0.6 is 22.9 Å². The lowest BCUT2D eigenvalue weighted by molar-refractivity contribution is 0.630. The van der Waals surface area contributed by atoms with Gasteiger partial charge in [-0.3, -0.25) is 0 Å². The molecule has 86 valence electrons. The molecule has 2 nitrogen and oxygen atoms in total. The summed E-state index contributed by atoms with van der Waals surface area (Å²) < 4.78 is 13.5. The van der Waals surface area contributed by atoms with Crippen LogP contribution in [-0.4, -0.2) is 0 Å². The summed E-state index contributed by atoms with van der Waals surface area (Å²) in [6.45, 7) is 0.476. The number of halogens is 2. The summed E-state index contributed by atoms with van der Waals surface area (Å²) >= 11 is 7.13. The second kappa shape index (κ2) is 5.17. The molecule has 5 heteroatoms. The molecule has 17 heavy (non-hydrogen) atoms. The highest BCUT2D eigenvalue weighted by atomic mass is 35.5. The lowest BCUT2D eigenvalue weighted by Gasteiger charge is -2.06. The molecule has 1 aromatic carbocycles. The molecule has 1 heterocycles. The lowest BCUT2D eigenvalue weighted by atomic mass is 10.3. The summed E-state index contributed by atoms with van der Waals surface area (Å²) in [7, 11) is 0. The zero-order valence-corrected chi connectivity index (χ0v) is 10.3. The summed E-state index contributed by atoms with van der Waals surface area (Å²) in [5.41, 5.74) is 0.989. The zero-order valence-electron chi connectivity index (χ0n) is 8.71. The molecule has 2 rings (SSSR count). The van der Waals surface area contributed by atoms with E-state index < -0.39 is 5.82 Å². The van der Waals surface area contributed by atoms with E-state index in [0.717, 1.165) is 4.88 Å². The maximum absolute atomic E-state index is 13.5. The van der Waals surface area contributed by atoms with Crippen molar-refractivity contribution < 1.29 is 4.39 Å². The van der Waals surface area contributed by atoms with Gasteiger partial charge in [0.2, 0.25) is 0 Å². The van der Waals surface area contributed by atoms with Crippen molar-refractivity contribution in [1.82, 2.24) is 0 Å². The quantitative estimate of drug-likeness (QED) is 0.911. The van der Waals surface area contributed by atoms with Crippen LogP contribution in [0.25, 0.3) is 0 Å². The number of nitrogens with zero attached hydrogens (tertiary/aromatic N) is 1. The van der Waals surface area contributed by atoms with E-state index in [-0.39, 0.29) is 5.02 Å². The molecule has 0 spiro atoms. The fourth-order valence-corrected chi connectivity index (χ4v) is 2.28. The number of benzene rings is 1. The Bertz CT molecular complexity index is 574. The van der Waals surface area contributed by atoms with Crippen LogP contribution in [0.3, 0.4) is 0 Å². The Balaban J connectivity index is 2.07. The van der Waals surface area contributed by atoms with Crippen molar-refractivity contribution in [2.75, 3.05) is 5.32 Å². The monoisotopic (exact) mass is 266 g/mol. The van der Waals surface area contributed by atoms with Crippen LogP contribution in [-0.2, 0) is 6.54 Å². The van der Waals surface area contributed by atoms with Crippen LogP contribution in [0.15, 0.2) is 29.6 Å². The van der Waals surface area contributed by atoms with Crippen molar-refractivity contribution in [2.24, 2.45) is 0 Å². The van der Waals surface area contributed by atoms with Gasteiger partial charge in [-0.05, 0) is 18.2 Å². The molecule has 0 saturated carbocycles. The average Bonchev–Trinajstić information content (AvgIpc) is 2.79. The third-order valence-electron chi connectivity index (χ3n) is 2.19. The molecule has 0 aliphatic rings. The van der Waals surface area contributed by atoms with Crippen LogP contribution in [0.1, 0.15) is 10.4 Å². The third kappa shape index (κ3) is 2.76. The molecule has 0 bridgehead atoms. The van der Waals surface area contributed by atoms with Gasteiger partial charge in [0.05, 0.1) is 16.3 Å². The number of rotatable bonds is 3. The molecule has 0 amide bonds. The first-order chi connectivity index (χ1) is 8.20. The van der Waals surface area contributed by atoms with E-state index in [9.17, 15) is 4.39 Å². The molecule has 1 N–H and O–H groups in total. The minimum absolute atomic E-state index is 0.0962. The summed E-state index contributed by atoms with van der Waals surface area (Å²) in [5, 5.41) is 13.5. The number of nitrogens with one attached hydrogen (secondary N) is 1. The molecule has 2 aromatic rings. The number of hydrogen-bond acceptors (Lipinski definition) is 3. The number of nitriles is 1. The van der Waals surface area contributed by atoms with Crippen molar-refractivity contribution in [3.8, 4) is 6.07 Å². The van der Waals surface area contributed by atoms with Gasteiger partial charge in [0, 0.05) is 16.8 Å². The molecule has 0 saturated heterocycles. The van der Waals surface area contributed by atoms with Crippen LogP contribution in [0, 0.1) is 17.1 Å². The molecular formula is C12H8ClFN2S. The maximum Gasteiger partial charge on any atom is 0.164 e. The Hall–Kier alpha value is -1.57. The van der Waals surface area contributed by atoms with Crippen LogP contribution in [0.4, 0.5) is 10.1 Å². The maximum atomic E-state index is 13.5. The fourth-order valence-electron chi connectivity index (χ4n) is 1.35. The van der Waals surface area contributed by atoms with Gasteiger partial charge in [-0.15, -0.1) is 11.3 Å². The first-order valence-electron chi connectivity index (χ1n) is 4.86. The topological polar surface area (TPSA) is 35.8 Å². The van der Waals surface area contributed by atoms with Gasteiger partial charge < -0.3 is 5.32 Å². The fraction of sp³-hybridized carbons (Fsp3) is 0.0833. The summed E-state index contributed by atoms with van der Waals surface area (Å²) in [6.07, 6.45) is 0. The Labute approximate surface area is 107 Å². The van der Waals surface area contributed by atoms with Crippen molar-refractivity contribution in [3.63, 3.8) is 0 Å². The summed E-state index contributed by atoms with van der Waals surface area (Å²) in [4.78, 5) is 0.973. The van der Waals surface area contributed by atoms with E-state index in [4.69, 9.17) is 16.9 Å². The zero-order chi connectivity index (χ0) is 12.3. The van der Waals surface area contributed by atoms with Crippen LogP contribution < -0.4 is 5.32 Å². The smallest absolute Gasteiger partial charge is 0.164 e. The second-order valence-electron chi connectivity index (χ2n) is 3.37. The van der Waals surface area contributed by atoms with Gasteiger partial charge in [0.25, 0.3) is 0 Å². The van der Waals surface area contributed by atoms with E-state index in [1.807, 2.05) is 0 Å². The standard InChI is InChI=1S/C12H8ClFN2S/c13-10-2-1-3-11(12(10)14)16-6-9-4-8(5-15)7-17-9/h1-4,7,16H,6H2. The van der Waals surface area contributed by atoms with E-state index in [0.29, 0.717) is 17.8 Å². The molecule has 1 aromatic heterocycles. The first-order valence-corrected chi connectivity index (χ1v) is 6.12. The molecule has 0 unspecified atom stereocenters. The predicted octanol–water partition coefficient (Wildman–Crippen LogP) is 4.02. The van der Waals surface area contributed by atoms with Gasteiger partial charge in [0.1, 0.15) is 6.07 Å². The van der Waals surface area contributed by atoms with Crippen LogP contribution in [0.5, 0.6) is 0 Å². The average molecular weight is 267 g/mol. The predicted molar refractivity (Wildman–Crippen MR) is 67.8 cm³/mol. The lowest BCUT2D eigenvalue weighted by Crippen LogP contribution is -1.99. The van der Waals surface area contributed by atoms with Gasteiger partial charge in [-0.1, -0.05) is 17.7 Å². The van der Waals surface area contributed by atoms with Gasteiger partial charge in [-0.25, -0.2) is 4.39 Å². The minimum atomic E-state index is -0.453. The highest BCUT2D eigenvalue weighted by Gasteiger charge is 2.06. The molecule has 0 fully saturated rings. The van der Waals surface area contributed by atoms with Crippen molar-refractivity contribution >= 4 is 28.6 Å². The van der Waals surface area contributed by atoms with Gasteiger partial charge in [0.15, 0.2) is 5.82 Å². The summed E-state index contributed by atoms with van der Waals surface area (Å²) in [6, 6.07) is 8.64. The number of thiophene rings is 1. The normalized spacial score (nSPS) is 9.94. The van der Waals surface area contributed by atoms with E-state index in [1.165, 1.54) is 17.4 Å². The SMILES string of the molecule is N#Cc1csc(CNc2cccc(Cl)c2F)c1. The number of anilines is 1. The van der Waals surface area contributed by atoms with Crippen molar-refractivity contribution in [3.05, 3.63) is 50.9 Å². The summed E-state index contributed by atoms with van der Waals surface area (Å²) in [5.74, 6) is -0.453. The first kappa shape index (κ1) is 11.9. The largest absolute Gasteiger partial charge is 0.378 e. The Morgan fingerprint density at radius 2 is 2.29 bits per heavy atom. The molecular weight excluding hydrogens is 259 g/mol. The van der Waals surface area contributed by atoms with Gasteiger partial charge in [-0.2, -0.15) is 5.26 Å². The van der Waals surface area contributed by atoms with Crippen molar-refractivity contribution in [1.29, 1.82) is 5.26 Å². The van der Waals surface area contributed by atoms with E-state index >= 15 is 0 Å². The second-order valence-corrected chi connectivity index (χ2v) is 4.77. The molecule has 0 aliphatic carbocycles. The van der Waals surface area contributed by atoms with Gasteiger partial charge >= 0.3 is 0 Å². The highest BCUT2D eigenvalue weighted by molar-refractivity contribution is 7.10. The highest BCUT2D eigenvalue weighted by Crippen LogP contribution is 2.23. The number of hydrogen-bond donors (Lipinski definition) is 1. The van der Waals surface area contributed by atoms with Crippen LogP contribution in [0.2, 0.25) is 5.02 Å².